The van der Waals surface area contributed by atoms with E-state index < -0.39 is 11.6 Å². The molecule has 1 aliphatic heterocycles. The highest BCUT2D eigenvalue weighted by Crippen LogP contribution is 2.31. The van der Waals surface area contributed by atoms with Gasteiger partial charge in [0.05, 0.1) is 19.0 Å². The second-order valence-electron chi connectivity index (χ2n) is 10.8. The van der Waals surface area contributed by atoms with Gasteiger partial charge >= 0.3 is 0 Å². The van der Waals surface area contributed by atoms with Gasteiger partial charge in [0.25, 0.3) is 5.91 Å². The largest absolute Gasteiger partial charge is 0.494 e. The second kappa shape index (κ2) is 14.0. The van der Waals surface area contributed by atoms with Crippen LogP contribution in [0, 0.1) is 17.6 Å². The van der Waals surface area contributed by atoms with Gasteiger partial charge in [-0.15, -0.1) is 0 Å². The first-order valence-electron chi connectivity index (χ1n) is 14.3. The molecule has 3 heterocycles. The third-order valence-electron chi connectivity index (χ3n) is 7.78. The fourth-order valence-corrected chi connectivity index (χ4v) is 5.91. The number of aromatic nitrogens is 3. The van der Waals surface area contributed by atoms with Gasteiger partial charge in [-0.25, -0.2) is 14.4 Å². The molecule has 43 heavy (non-hydrogen) atoms. The van der Waals surface area contributed by atoms with Gasteiger partial charge in [0, 0.05) is 59.3 Å². The molecule has 3 N–H and O–H groups in total. The van der Waals surface area contributed by atoms with E-state index >= 15 is 0 Å². The quantitative estimate of drug-likeness (QED) is 0.132. The third kappa shape index (κ3) is 6.91. The molecule has 0 spiro atoms. The Morgan fingerprint density at radius 2 is 2.05 bits per heavy atom. The lowest BCUT2D eigenvalue weighted by atomic mass is 10.0. The first-order chi connectivity index (χ1) is 20.8. The number of imidazole rings is 1. The fourth-order valence-electron chi connectivity index (χ4n) is 5.25. The number of hydrogen-bond acceptors (Lipinski definition) is 7. The number of nitrogens with one attached hydrogen (secondary N) is 3. The number of fused-ring (bicyclic) bond motifs is 1. The number of anilines is 2. The number of carbonyl (C=O) groups is 1. The van der Waals surface area contributed by atoms with Gasteiger partial charge in [-0.1, -0.05) is 29.5 Å². The molecule has 1 saturated heterocycles. The van der Waals surface area contributed by atoms with Gasteiger partial charge in [-0.2, -0.15) is 4.39 Å². The number of methoxy groups -OCH3 is 1. The van der Waals surface area contributed by atoms with Gasteiger partial charge in [-0.3, -0.25) is 9.20 Å². The number of benzene rings is 2. The van der Waals surface area contributed by atoms with Crippen LogP contribution < -0.4 is 20.7 Å². The van der Waals surface area contributed by atoms with Crippen molar-refractivity contribution >= 4 is 45.7 Å². The summed E-state index contributed by atoms with van der Waals surface area (Å²) < 4.78 is 36.6. The summed E-state index contributed by atoms with van der Waals surface area (Å²) in [6.07, 6.45) is 6.23. The maximum atomic E-state index is 14.9. The molecular weight excluding hydrogens is 667 g/mol. The minimum atomic E-state index is -1.06. The summed E-state index contributed by atoms with van der Waals surface area (Å²) >= 11 is 2.33. The summed E-state index contributed by atoms with van der Waals surface area (Å²) in [6, 6.07) is 8.51. The molecule has 1 aliphatic rings. The van der Waals surface area contributed by atoms with Crippen molar-refractivity contribution in [3.8, 4) is 17.0 Å². The number of hydrogen-bond donors (Lipinski definition) is 3. The number of ether oxygens (including phenoxy) is 1. The van der Waals surface area contributed by atoms with Crippen LogP contribution in [0.15, 0.2) is 48.9 Å². The van der Waals surface area contributed by atoms with Crippen LogP contribution in [0.5, 0.6) is 5.75 Å². The van der Waals surface area contributed by atoms with Crippen molar-refractivity contribution in [1.82, 2.24) is 29.9 Å². The Morgan fingerprint density at radius 3 is 2.74 bits per heavy atom. The average Bonchev–Trinajstić information content (AvgIpc) is 3.43. The Labute approximate surface area is 263 Å². The zero-order valence-corrected chi connectivity index (χ0v) is 26.6. The predicted octanol–water partition coefficient (Wildman–Crippen LogP) is 5.06. The van der Waals surface area contributed by atoms with Crippen LogP contribution in [0.2, 0.25) is 0 Å². The zero-order valence-electron chi connectivity index (χ0n) is 24.5. The van der Waals surface area contributed by atoms with E-state index in [2.05, 4.69) is 60.5 Å². The topological polar surface area (TPSA) is 95.8 Å². The van der Waals surface area contributed by atoms with E-state index in [1.54, 1.807) is 16.8 Å². The highest BCUT2D eigenvalue weighted by molar-refractivity contribution is 14.1. The van der Waals surface area contributed by atoms with E-state index in [4.69, 9.17) is 4.74 Å². The van der Waals surface area contributed by atoms with Crippen molar-refractivity contribution in [1.29, 1.82) is 0 Å². The maximum Gasteiger partial charge on any atom is 0.251 e. The van der Waals surface area contributed by atoms with Crippen LogP contribution >= 0.6 is 22.6 Å². The van der Waals surface area contributed by atoms with E-state index in [1.165, 1.54) is 25.4 Å². The number of alkyl halides is 1. The Morgan fingerprint density at radius 1 is 1.23 bits per heavy atom. The maximum absolute atomic E-state index is 14.9. The van der Waals surface area contributed by atoms with Gasteiger partial charge in [-0.05, 0) is 68.2 Å². The van der Waals surface area contributed by atoms with Crippen LogP contribution in [0.4, 0.5) is 20.3 Å². The fraction of sp³-hybridized carbons (Fsp3) is 0.387. The Kier molecular flexibility index (Phi) is 10.1. The van der Waals surface area contributed by atoms with Crippen molar-refractivity contribution in [2.45, 2.75) is 25.8 Å². The Hall–Kier alpha value is -3.36. The van der Waals surface area contributed by atoms with Crippen molar-refractivity contribution in [2.75, 3.05) is 50.1 Å². The van der Waals surface area contributed by atoms with Crippen LogP contribution in [0.3, 0.4) is 0 Å². The lowest BCUT2D eigenvalue weighted by Gasteiger charge is -2.31. The Bertz CT molecular complexity index is 1590. The molecule has 4 aromatic rings. The number of amides is 1. The smallest absolute Gasteiger partial charge is 0.251 e. The lowest BCUT2D eigenvalue weighted by Crippen LogP contribution is -2.48. The minimum absolute atomic E-state index is 0.0544. The van der Waals surface area contributed by atoms with E-state index in [1.807, 2.05) is 25.1 Å². The number of rotatable bonds is 13. The molecule has 1 amide bonds. The summed E-state index contributed by atoms with van der Waals surface area (Å²) in [5.74, 6) is -1.17. The second-order valence-corrected chi connectivity index (χ2v) is 11.7. The minimum Gasteiger partial charge on any atom is -0.494 e. The number of carbonyl (C=O) groups excluding carboxylic acids is 1. The van der Waals surface area contributed by atoms with Gasteiger partial charge < -0.3 is 25.6 Å². The first kappa shape index (κ1) is 31.1. The van der Waals surface area contributed by atoms with Crippen molar-refractivity contribution in [3.63, 3.8) is 0 Å². The summed E-state index contributed by atoms with van der Waals surface area (Å²) in [6.45, 7) is 6.19. The molecule has 2 aromatic heterocycles. The molecule has 2 aromatic carbocycles. The van der Waals surface area contributed by atoms with Crippen LogP contribution in [-0.4, -0.2) is 76.0 Å². The highest BCUT2D eigenvalue weighted by atomic mass is 127. The Balaban J connectivity index is 1.30. The summed E-state index contributed by atoms with van der Waals surface area (Å²) in [5, 5.41) is 9.82. The summed E-state index contributed by atoms with van der Waals surface area (Å²) in [7, 11) is 3.43. The molecular formula is C31H36F2IN7O2. The molecule has 1 fully saturated rings. The molecule has 9 nitrogen and oxygen atoms in total. The molecule has 1 atom stereocenters. The number of nitrogens with zero attached hydrogens (tertiary/aromatic N) is 4. The number of halogens is 3. The number of aryl methyl sites for hydroxylation is 1. The van der Waals surface area contributed by atoms with E-state index in [-0.39, 0.29) is 23.3 Å². The van der Waals surface area contributed by atoms with Crippen molar-refractivity contribution in [3.05, 3.63) is 71.7 Å². The lowest BCUT2D eigenvalue weighted by molar-refractivity contribution is 0.0935. The molecule has 0 saturated carbocycles. The van der Waals surface area contributed by atoms with Gasteiger partial charge in [0.1, 0.15) is 0 Å². The summed E-state index contributed by atoms with van der Waals surface area (Å²) in [5.41, 5.74) is 3.14. The average molecular weight is 704 g/mol. The molecule has 228 valence electrons. The summed E-state index contributed by atoms with van der Waals surface area (Å²) in [4.78, 5) is 24.5. The SMILES string of the molecule is CCc1cc(Nc2nccn3c(-c4ccc(OC)c(F)c4F)cnc23)ccc1C(=O)NC(CI)CCN(C)CC1CNC1. The van der Waals surface area contributed by atoms with Crippen molar-refractivity contribution < 1.29 is 18.3 Å². The molecule has 5 rings (SSSR count). The van der Waals surface area contributed by atoms with Gasteiger partial charge in [0.15, 0.2) is 23.0 Å². The first-order valence-corrected chi connectivity index (χ1v) is 15.9. The van der Waals surface area contributed by atoms with E-state index in [0.29, 0.717) is 29.1 Å². The molecule has 1 unspecified atom stereocenters. The highest BCUT2D eigenvalue weighted by Gasteiger charge is 2.21. The monoisotopic (exact) mass is 703 g/mol. The standard InChI is InChI=1S/C31H36F2IN7O2/c1-4-20-13-21(5-6-23(20)31(42)39-22(14-34)9-11-40(2)18-19-15-35-16-19)38-29-30-37-17-25(41(30)12-10-36-29)24-7-8-26(43-3)28(33)27(24)32/h5-8,10,12-13,17,19,22,35H,4,9,11,14-16,18H2,1-3H3,(H,36,38)(H,39,42). The molecule has 12 heteroatoms. The predicted molar refractivity (Wildman–Crippen MR) is 173 cm³/mol. The normalized spacial score (nSPS) is 14.1. The van der Waals surface area contributed by atoms with E-state index in [0.717, 1.165) is 54.2 Å². The molecule has 0 bridgehead atoms. The van der Waals surface area contributed by atoms with Crippen LogP contribution in [0.1, 0.15) is 29.3 Å². The third-order valence-corrected chi connectivity index (χ3v) is 8.84. The molecule has 0 aliphatic carbocycles. The van der Waals surface area contributed by atoms with E-state index in [9.17, 15) is 13.6 Å². The zero-order chi connectivity index (χ0) is 30.5. The molecule has 0 radical (unpaired) electrons. The van der Waals surface area contributed by atoms with Gasteiger partial charge in [0.2, 0.25) is 5.82 Å². The van der Waals surface area contributed by atoms with Crippen LogP contribution in [-0.2, 0) is 6.42 Å². The van der Waals surface area contributed by atoms with Crippen molar-refractivity contribution in [2.24, 2.45) is 5.92 Å². The van der Waals surface area contributed by atoms with Crippen LogP contribution in [0.25, 0.3) is 16.9 Å².